The van der Waals surface area contributed by atoms with Gasteiger partial charge in [-0.15, -0.1) is 11.3 Å². The number of benzene rings is 1. The molecule has 2 aromatic heterocycles. The van der Waals surface area contributed by atoms with Crippen LogP contribution in [0.4, 0.5) is 0 Å². The Bertz CT molecular complexity index is 1110. The number of hydrogen-bond acceptors (Lipinski definition) is 6. The number of rotatable bonds is 9. The summed E-state index contributed by atoms with van der Waals surface area (Å²) in [5.41, 5.74) is 1.11. The summed E-state index contributed by atoms with van der Waals surface area (Å²) in [5.74, 6) is 1.48. The molecule has 2 amide bonds. The van der Waals surface area contributed by atoms with Crippen LogP contribution in [0.1, 0.15) is 40.9 Å². The molecule has 1 aliphatic heterocycles. The molecule has 0 radical (unpaired) electrons. The predicted octanol–water partition coefficient (Wildman–Crippen LogP) is 4.65. The molecule has 3 heterocycles. The number of carbonyl (C=O) groups is 2. The number of fused-ring (bicyclic) bond motifs is 1. The van der Waals surface area contributed by atoms with Gasteiger partial charge in [0.25, 0.3) is 5.91 Å². The van der Waals surface area contributed by atoms with Crippen LogP contribution >= 0.6 is 11.3 Å². The van der Waals surface area contributed by atoms with E-state index in [9.17, 15) is 9.59 Å². The van der Waals surface area contributed by atoms with E-state index < -0.39 is 0 Å². The van der Waals surface area contributed by atoms with E-state index in [-0.39, 0.29) is 36.1 Å². The average molecular weight is 483 g/mol. The first-order valence-electron chi connectivity index (χ1n) is 11.4. The van der Waals surface area contributed by atoms with Crippen molar-refractivity contribution in [1.82, 2.24) is 9.80 Å². The summed E-state index contributed by atoms with van der Waals surface area (Å²) in [6.07, 6.45) is 2.27. The normalized spacial score (nSPS) is 15.2. The Morgan fingerprint density at radius 3 is 2.76 bits per heavy atom. The number of nitrogens with zero attached hydrogens (tertiary/aromatic N) is 2. The van der Waals surface area contributed by atoms with Gasteiger partial charge < -0.3 is 23.7 Å². The molecule has 1 aliphatic rings. The van der Waals surface area contributed by atoms with Crippen molar-refractivity contribution in [2.24, 2.45) is 5.92 Å². The van der Waals surface area contributed by atoms with Crippen LogP contribution in [0.15, 0.2) is 58.5 Å². The van der Waals surface area contributed by atoms with Crippen molar-refractivity contribution in [3.63, 3.8) is 0 Å². The maximum Gasteiger partial charge on any atom is 0.290 e. The fourth-order valence-corrected chi connectivity index (χ4v) is 5.14. The lowest BCUT2D eigenvalue weighted by atomic mass is 10.00. The third-order valence-corrected chi connectivity index (χ3v) is 6.79. The standard InChI is InChI=1S/C26H30N2O5S/c1-18(2)15-27(26(30)23-8-5-12-32-23)16-25(29)28-11-9-24-21(10-13-34-24)22(28)17-33-20-7-4-6-19(14-20)31-3/h4-8,10,12-14,18,22H,9,11,15-17H2,1-3H3/t22-/m0/s1. The van der Waals surface area contributed by atoms with Gasteiger partial charge in [0.1, 0.15) is 24.7 Å². The molecule has 8 heteroatoms. The van der Waals surface area contributed by atoms with Crippen molar-refractivity contribution in [1.29, 1.82) is 0 Å². The van der Waals surface area contributed by atoms with Gasteiger partial charge in [-0.2, -0.15) is 0 Å². The Morgan fingerprint density at radius 2 is 2.03 bits per heavy atom. The SMILES string of the molecule is COc1cccc(OC[C@H]2c3ccsc3CCN2C(=O)CN(CC(C)C)C(=O)c2ccco2)c1. The highest BCUT2D eigenvalue weighted by molar-refractivity contribution is 7.10. The molecule has 0 unspecified atom stereocenters. The zero-order valence-electron chi connectivity index (χ0n) is 19.7. The fraction of sp³-hybridized carbons (Fsp3) is 0.385. The van der Waals surface area contributed by atoms with Crippen LogP contribution in [-0.2, 0) is 11.2 Å². The summed E-state index contributed by atoms with van der Waals surface area (Å²) in [6.45, 7) is 5.41. The second kappa shape index (κ2) is 10.8. The number of furan rings is 1. The summed E-state index contributed by atoms with van der Waals surface area (Å²) in [4.78, 5) is 31.2. The predicted molar refractivity (Wildman–Crippen MR) is 130 cm³/mol. The molecule has 4 rings (SSSR count). The first-order chi connectivity index (χ1) is 16.5. The average Bonchev–Trinajstić information content (AvgIpc) is 3.53. The third-order valence-electron chi connectivity index (χ3n) is 5.80. The highest BCUT2D eigenvalue weighted by Gasteiger charge is 2.34. The van der Waals surface area contributed by atoms with Gasteiger partial charge >= 0.3 is 0 Å². The lowest BCUT2D eigenvalue weighted by Gasteiger charge is -2.37. The molecule has 0 N–H and O–H groups in total. The van der Waals surface area contributed by atoms with Gasteiger partial charge in [-0.25, -0.2) is 0 Å². The monoisotopic (exact) mass is 482 g/mol. The molecule has 0 bridgehead atoms. The second-order valence-corrected chi connectivity index (χ2v) is 9.70. The van der Waals surface area contributed by atoms with Crippen LogP contribution in [0.2, 0.25) is 0 Å². The van der Waals surface area contributed by atoms with E-state index >= 15 is 0 Å². The number of hydrogen-bond donors (Lipinski definition) is 0. The van der Waals surface area contributed by atoms with Crippen LogP contribution in [0.3, 0.4) is 0 Å². The quantitative estimate of drug-likeness (QED) is 0.444. The van der Waals surface area contributed by atoms with Gasteiger partial charge in [-0.05, 0) is 53.6 Å². The zero-order valence-corrected chi connectivity index (χ0v) is 20.5. The summed E-state index contributed by atoms with van der Waals surface area (Å²) >= 11 is 1.71. The van der Waals surface area contributed by atoms with Crippen molar-refractivity contribution >= 4 is 23.2 Å². The van der Waals surface area contributed by atoms with Crippen molar-refractivity contribution in [2.75, 3.05) is 33.4 Å². The van der Waals surface area contributed by atoms with Crippen LogP contribution in [0.5, 0.6) is 11.5 Å². The molecule has 34 heavy (non-hydrogen) atoms. The maximum absolute atomic E-state index is 13.5. The van der Waals surface area contributed by atoms with Crippen molar-refractivity contribution in [3.05, 3.63) is 70.3 Å². The first-order valence-corrected chi connectivity index (χ1v) is 12.3. The lowest BCUT2D eigenvalue weighted by Crippen LogP contribution is -2.48. The minimum Gasteiger partial charge on any atom is -0.497 e. The van der Waals surface area contributed by atoms with Crippen molar-refractivity contribution in [3.8, 4) is 11.5 Å². The Balaban J connectivity index is 1.52. The maximum atomic E-state index is 13.5. The Hall–Kier alpha value is -3.26. The van der Waals surface area contributed by atoms with Crippen molar-refractivity contribution in [2.45, 2.75) is 26.3 Å². The zero-order chi connectivity index (χ0) is 24.1. The molecular formula is C26H30N2O5S. The van der Waals surface area contributed by atoms with Gasteiger partial charge in [0.15, 0.2) is 5.76 Å². The van der Waals surface area contributed by atoms with Crippen LogP contribution in [0.25, 0.3) is 0 Å². The lowest BCUT2D eigenvalue weighted by molar-refractivity contribution is -0.135. The second-order valence-electron chi connectivity index (χ2n) is 8.70. The Labute approximate surface area is 203 Å². The summed E-state index contributed by atoms with van der Waals surface area (Å²) in [7, 11) is 1.62. The van der Waals surface area contributed by atoms with E-state index in [0.717, 1.165) is 12.0 Å². The van der Waals surface area contributed by atoms with E-state index in [4.69, 9.17) is 13.9 Å². The van der Waals surface area contributed by atoms with E-state index in [1.54, 1.807) is 35.5 Å². The number of methoxy groups -OCH3 is 1. The first kappa shape index (κ1) is 23.9. The third kappa shape index (κ3) is 5.44. The van der Waals surface area contributed by atoms with Crippen molar-refractivity contribution < 1.29 is 23.5 Å². The Morgan fingerprint density at radius 1 is 1.21 bits per heavy atom. The molecule has 0 spiro atoms. The molecule has 7 nitrogen and oxygen atoms in total. The highest BCUT2D eigenvalue weighted by atomic mass is 32.1. The topological polar surface area (TPSA) is 72.2 Å². The van der Waals surface area contributed by atoms with Crippen LogP contribution in [0, 0.1) is 5.92 Å². The molecule has 3 aromatic rings. The Kier molecular flexibility index (Phi) is 7.57. The number of carbonyl (C=O) groups excluding carboxylic acids is 2. The molecular weight excluding hydrogens is 452 g/mol. The smallest absolute Gasteiger partial charge is 0.290 e. The van der Waals surface area contributed by atoms with E-state index in [0.29, 0.717) is 31.2 Å². The molecule has 0 saturated heterocycles. The van der Waals surface area contributed by atoms with E-state index in [1.807, 2.05) is 43.0 Å². The number of ether oxygens (including phenoxy) is 2. The van der Waals surface area contributed by atoms with Gasteiger partial charge in [-0.3, -0.25) is 9.59 Å². The van der Waals surface area contributed by atoms with Gasteiger partial charge in [0, 0.05) is 24.0 Å². The molecule has 1 atom stereocenters. The van der Waals surface area contributed by atoms with Gasteiger partial charge in [0.05, 0.1) is 19.4 Å². The van der Waals surface area contributed by atoms with Crippen LogP contribution in [-0.4, -0.2) is 55.0 Å². The summed E-state index contributed by atoms with van der Waals surface area (Å²) in [5, 5.41) is 2.06. The molecule has 1 aromatic carbocycles. The summed E-state index contributed by atoms with van der Waals surface area (Å²) < 4.78 is 16.7. The minimum absolute atomic E-state index is 0.00710. The van der Waals surface area contributed by atoms with Crippen LogP contribution < -0.4 is 9.47 Å². The minimum atomic E-state index is -0.274. The molecule has 0 fully saturated rings. The van der Waals surface area contributed by atoms with Gasteiger partial charge in [0.2, 0.25) is 5.91 Å². The number of thiophene rings is 1. The van der Waals surface area contributed by atoms with Gasteiger partial charge in [-0.1, -0.05) is 19.9 Å². The van der Waals surface area contributed by atoms with E-state index in [2.05, 4.69) is 11.4 Å². The van der Waals surface area contributed by atoms with E-state index in [1.165, 1.54) is 11.1 Å². The highest BCUT2D eigenvalue weighted by Crippen LogP contribution is 2.34. The number of amides is 2. The summed E-state index contributed by atoms with van der Waals surface area (Å²) in [6, 6.07) is 12.6. The molecule has 0 aliphatic carbocycles. The molecule has 0 saturated carbocycles. The fourth-order valence-electron chi connectivity index (χ4n) is 4.21. The largest absolute Gasteiger partial charge is 0.497 e. The molecule has 180 valence electrons.